The van der Waals surface area contributed by atoms with Crippen molar-refractivity contribution in [3.05, 3.63) is 46.7 Å². The molecule has 0 unspecified atom stereocenters. The van der Waals surface area contributed by atoms with Crippen LogP contribution in [0.25, 0.3) is 0 Å². The van der Waals surface area contributed by atoms with Crippen molar-refractivity contribution in [2.75, 3.05) is 42.9 Å². The summed E-state index contributed by atoms with van der Waals surface area (Å²) in [5.74, 6) is 0.386. The van der Waals surface area contributed by atoms with Gasteiger partial charge in [0.1, 0.15) is 5.69 Å². The van der Waals surface area contributed by atoms with Crippen LogP contribution in [-0.2, 0) is 0 Å². The van der Waals surface area contributed by atoms with E-state index in [2.05, 4.69) is 47.9 Å². The van der Waals surface area contributed by atoms with E-state index in [1.54, 1.807) is 12.3 Å². The van der Waals surface area contributed by atoms with Crippen molar-refractivity contribution in [3.63, 3.8) is 0 Å². The highest BCUT2D eigenvalue weighted by molar-refractivity contribution is 9.10. The van der Waals surface area contributed by atoms with Gasteiger partial charge in [-0.25, -0.2) is 9.97 Å². The van der Waals surface area contributed by atoms with Crippen LogP contribution in [0.3, 0.4) is 0 Å². The van der Waals surface area contributed by atoms with E-state index >= 15 is 0 Å². The van der Waals surface area contributed by atoms with E-state index in [0.29, 0.717) is 11.6 Å². The molecule has 0 saturated carbocycles. The number of halogens is 1. The standard InChI is InChI=1S/C17H20BrN5O/c1-2-22-8-10-23(11-9-22)17-19-7-6-15(21-17)16(24)20-14-5-3-4-13(18)12-14/h3-7,12H,2,8-11H2,1H3,(H,20,24). The molecule has 2 heterocycles. The lowest BCUT2D eigenvalue weighted by atomic mass is 10.3. The zero-order chi connectivity index (χ0) is 16.9. The van der Waals surface area contributed by atoms with E-state index in [1.807, 2.05) is 24.3 Å². The molecule has 1 aliphatic rings. The number of amides is 1. The summed E-state index contributed by atoms with van der Waals surface area (Å²) >= 11 is 3.40. The first kappa shape index (κ1) is 16.9. The maximum atomic E-state index is 12.4. The Hall–Kier alpha value is -1.99. The van der Waals surface area contributed by atoms with E-state index in [4.69, 9.17) is 0 Å². The molecule has 6 nitrogen and oxygen atoms in total. The second-order valence-electron chi connectivity index (χ2n) is 5.63. The lowest BCUT2D eigenvalue weighted by molar-refractivity contribution is 0.102. The lowest BCUT2D eigenvalue weighted by Gasteiger charge is -2.34. The summed E-state index contributed by atoms with van der Waals surface area (Å²) in [6, 6.07) is 9.12. The first-order chi connectivity index (χ1) is 11.7. The number of likely N-dealkylation sites (N-methyl/N-ethyl adjacent to an activating group) is 1. The van der Waals surface area contributed by atoms with Crippen LogP contribution >= 0.6 is 15.9 Å². The molecule has 0 bridgehead atoms. The van der Waals surface area contributed by atoms with Crippen molar-refractivity contribution in [2.45, 2.75) is 6.92 Å². The Labute approximate surface area is 150 Å². The summed E-state index contributed by atoms with van der Waals surface area (Å²) in [6.45, 7) is 6.97. The second-order valence-corrected chi connectivity index (χ2v) is 6.54. The maximum Gasteiger partial charge on any atom is 0.274 e. The smallest absolute Gasteiger partial charge is 0.274 e. The van der Waals surface area contributed by atoms with Crippen molar-refractivity contribution in [1.29, 1.82) is 0 Å². The minimum atomic E-state index is -0.232. The summed E-state index contributed by atoms with van der Waals surface area (Å²) in [5.41, 5.74) is 1.10. The first-order valence-corrected chi connectivity index (χ1v) is 8.82. The van der Waals surface area contributed by atoms with Gasteiger partial charge in [-0.1, -0.05) is 28.9 Å². The third kappa shape index (κ3) is 4.10. The Balaban J connectivity index is 1.69. The molecule has 1 amide bonds. The van der Waals surface area contributed by atoms with Crippen LogP contribution in [0.5, 0.6) is 0 Å². The number of rotatable bonds is 4. The van der Waals surface area contributed by atoms with Crippen molar-refractivity contribution < 1.29 is 4.79 Å². The largest absolute Gasteiger partial charge is 0.338 e. The third-order valence-electron chi connectivity index (χ3n) is 4.06. The predicted molar refractivity (Wildman–Crippen MR) is 98.5 cm³/mol. The van der Waals surface area contributed by atoms with E-state index in [9.17, 15) is 4.79 Å². The molecule has 0 atom stereocenters. The highest BCUT2D eigenvalue weighted by Gasteiger charge is 2.19. The summed E-state index contributed by atoms with van der Waals surface area (Å²) < 4.78 is 0.914. The van der Waals surface area contributed by atoms with Gasteiger partial charge in [-0.15, -0.1) is 0 Å². The van der Waals surface area contributed by atoms with Gasteiger partial charge < -0.3 is 15.1 Å². The molecule has 0 aliphatic carbocycles. The van der Waals surface area contributed by atoms with E-state index in [1.165, 1.54) is 0 Å². The third-order valence-corrected chi connectivity index (χ3v) is 4.55. The number of aromatic nitrogens is 2. The van der Waals surface area contributed by atoms with Gasteiger partial charge >= 0.3 is 0 Å². The van der Waals surface area contributed by atoms with Gasteiger partial charge in [0.25, 0.3) is 5.91 Å². The Morgan fingerprint density at radius 3 is 2.75 bits per heavy atom. The molecule has 3 rings (SSSR count). The van der Waals surface area contributed by atoms with Crippen molar-refractivity contribution in [3.8, 4) is 0 Å². The molecule has 1 saturated heterocycles. The minimum absolute atomic E-state index is 0.232. The van der Waals surface area contributed by atoms with Gasteiger partial charge in [0, 0.05) is 42.5 Å². The Morgan fingerprint density at radius 1 is 1.25 bits per heavy atom. The van der Waals surface area contributed by atoms with Gasteiger partial charge in [-0.2, -0.15) is 0 Å². The summed E-state index contributed by atoms with van der Waals surface area (Å²) in [6.07, 6.45) is 1.64. The molecule has 24 heavy (non-hydrogen) atoms. The quantitative estimate of drug-likeness (QED) is 0.870. The number of benzene rings is 1. The molecule has 2 aromatic rings. The van der Waals surface area contributed by atoms with Crippen LogP contribution in [0, 0.1) is 0 Å². The fourth-order valence-corrected chi connectivity index (χ4v) is 3.05. The van der Waals surface area contributed by atoms with E-state index < -0.39 is 0 Å². The number of nitrogens with one attached hydrogen (secondary N) is 1. The van der Waals surface area contributed by atoms with Crippen molar-refractivity contribution >= 4 is 33.5 Å². The number of piperazine rings is 1. The number of anilines is 2. The van der Waals surface area contributed by atoms with Crippen LogP contribution in [0.4, 0.5) is 11.6 Å². The predicted octanol–water partition coefficient (Wildman–Crippen LogP) is 2.63. The van der Waals surface area contributed by atoms with E-state index in [-0.39, 0.29) is 5.91 Å². The van der Waals surface area contributed by atoms with Crippen LogP contribution in [0.1, 0.15) is 17.4 Å². The number of hydrogen-bond donors (Lipinski definition) is 1. The number of nitrogens with zero attached hydrogens (tertiary/aromatic N) is 4. The fourth-order valence-electron chi connectivity index (χ4n) is 2.65. The van der Waals surface area contributed by atoms with Gasteiger partial charge in [0.05, 0.1) is 0 Å². The average molecular weight is 390 g/mol. The lowest BCUT2D eigenvalue weighted by Crippen LogP contribution is -2.46. The maximum absolute atomic E-state index is 12.4. The fraction of sp³-hybridized carbons (Fsp3) is 0.353. The molecule has 0 radical (unpaired) electrons. The minimum Gasteiger partial charge on any atom is -0.338 e. The van der Waals surface area contributed by atoms with Crippen LogP contribution in [-0.4, -0.2) is 53.5 Å². The van der Waals surface area contributed by atoms with Crippen LogP contribution < -0.4 is 10.2 Å². The number of hydrogen-bond acceptors (Lipinski definition) is 5. The molecule has 7 heteroatoms. The monoisotopic (exact) mass is 389 g/mol. The van der Waals surface area contributed by atoms with Gasteiger partial charge in [0.2, 0.25) is 5.95 Å². The zero-order valence-corrected chi connectivity index (χ0v) is 15.2. The molecule has 0 spiro atoms. The van der Waals surface area contributed by atoms with Gasteiger partial charge in [0.15, 0.2) is 0 Å². The molecule has 1 aromatic carbocycles. The molecule has 1 fully saturated rings. The summed E-state index contributed by atoms with van der Waals surface area (Å²) in [5, 5.41) is 2.86. The van der Waals surface area contributed by atoms with Crippen molar-refractivity contribution in [2.24, 2.45) is 0 Å². The summed E-state index contributed by atoms with van der Waals surface area (Å²) in [4.78, 5) is 25.7. The number of carbonyl (C=O) groups excluding carboxylic acids is 1. The summed E-state index contributed by atoms with van der Waals surface area (Å²) in [7, 11) is 0. The van der Waals surface area contributed by atoms with Gasteiger partial charge in [-0.3, -0.25) is 4.79 Å². The average Bonchev–Trinajstić information content (AvgIpc) is 2.62. The Kier molecular flexibility index (Phi) is 5.42. The molecular weight excluding hydrogens is 370 g/mol. The van der Waals surface area contributed by atoms with Gasteiger partial charge in [-0.05, 0) is 30.8 Å². The SMILES string of the molecule is CCN1CCN(c2nccc(C(=O)Nc3cccc(Br)c3)n2)CC1. The topological polar surface area (TPSA) is 61.4 Å². The molecule has 126 valence electrons. The molecule has 1 aliphatic heterocycles. The first-order valence-electron chi connectivity index (χ1n) is 8.03. The molecule has 1 aromatic heterocycles. The highest BCUT2D eigenvalue weighted by atomic mass is 79.9. The van der Waals surface area contributed by atoms with Crippen LogP contribution in [0.2, 0.25) is 0 Å². The molecule has 1 N–H and O–H groups in total. The normalized spacial score (nSPS) is 15.3. The Bertz CT molecular complexity index is 716. The van der Waals surface area contributed by atoms with Crippen molar-refractivity contribution in [1.82, 2.24) is 14.9 Å². The molecular formula is C17H20BrN5O. The highest BCUT2D eigenvalue weighted by Crippen LogP contribution is 2.17. The number of carbonyl (C=O) groups is 1. The van der Waals surface area contributed by atoms with E-state index in [0.717, 1.165) is 42.9 Å². The second kappa shape index (κ2) is 7.72. The zero-order valence-electron chi connectivity index (χ0n) is 13.6. The van der Waals surface area contributed by atoms with Crippen LogP contribution in [0.15, 0.2) is 41.0 Å². The Morgan fingerprint density at radius 2 is 2.04 bits per heavy atom.